The monoisotopic (exact) mass is 270 g/mol. The van der Waals surface area contributed by atoms with Gasteiger partial charge in [-0.05, 0) is 14.1 Å². The summed E-state index contributed by atoms with van der Waals surface area (Å²) in [5.41, 5.74) is 5.59. The number of nitrogens with two attached hydrogens (primary N) is 1. The zero-order chi connectivity index (χ0) is 13.0. The number of hydrogen-bond donors (Lipinski definition) is 1. The van der Waals surface area contributed by atoms with Gasteiger partial charge in [-0.15, -0.1) is 10.2 Å². The molecule has 0 radical (unpaired) electrons. The second-order valence-corrected chi connectivity index (χ2v) is 6.05. The van der Waals surface area contributed by atoms with E-state index in [0.29, 0.717) is 5.13 Å². The summed E-state index contributed by atoms with van der Waals surface area (Å²) in [7, 11) is 4.24. The van der Waals surface area contributed by atoms with Crippen LogP contribution in [-0.2, 0) is 6.54 Å². The third-order valence-electron chi connectivity index (χ3n) is 3.17. The molecule has 0 amide bonds. The van der Waals surface area contributed by atoms with Crippen molar-refractivity contribution in [2.24, 2.45) is 0 Å². The topological polar surface area (TPSA) is 61.5 Å². The van der Waals surface area contributed by atoms with Crippen LogP contribution in [0.25, 0.3) is 0 Å². The quantitative estimate of drug-likeness (QED) is 0.799. The van der Waals surface area contributed by atoms with Crippen LogP contribution in [0.15, 0.2) is 0 Å². The molecule has 1 saturated heterocycles. The molecule has 1 aromatic heterocycles. The highest BCUT2D eigenvalue weighted by atomic mass is 32.1. The summed E-state index contributed by atoms with van der Waals surface area (Å²) in [4.78, 5) is 7.17. The molecule has 1 aromatic rings. The largest absolute Gasteiger partial charge is 0.374 e. The lowest BCUT2D eigenvalue weighted by Gasteiger charge is -2.34. The molecule has 2 rings (SSSR count). The zero-order valence-electron chi connectivity index (χ0n) is 11.2. The molecule has 6 nitrogen and oxygen atoms in total. The van der Waals surface area contributed by atoms with Gasteiger partial charge in [0.25, 0.3) is 0 Å². The van der Waals surface area contributed by atoms with Crippen molar-refractivity contribution in [3.63, 3.8) is 0 Å². The van der Waals surface area contributed by atoms with Crippen LogP contribution >= 0.6 is 11.3 Å². The zero-order valence-corrected chi connectivity index (χ0v) is 12.0. The molecule has 0 aliphatic carbocycles. The van der Waals surface area contributed by atoms with Crippen molar-refractivity contribution in [2.45, 2.75) is 6.54 Å². The van der Waals surface area contributed by atoms with E-state index in [4.69, 9.17) is 5.73 Å². The van der Waals surface area contributed by atoms with E-state index in [0.717, 1.165) is 50.8 Å². The van der Waals surface area contributed by atoms with Crippen LogP contribution in [0.3, 0.4) is 0 Å². The molecule has 2 heterocycles. The summed E-state index contributed by atoms with van der Waals surface area (Å²) in [5.74, 6) is 0. The minimum absolute atomic E-state index is 0.564. The Bertz CT molecular complexity index is 358. The summed E-state index contributed by atoms with van der Waals surface area (Å²) in [6.07, 6.45) is 0. The van der Waals surface area contributed by atoms with Gasteiger partial charge in [0.2, 0.25) is 5.13 Å². The molecular weight excluding hydrogens is 248 g/mol. The summed E-state index contributed by atoms with van der Waals surface area (Å²) >= 11 is 1.49. The highest BCUT2D eigenvalue weighted by Gasteiger charge is 2.17. The third kappa shape index (κ3) is 4.16. The van der Waals surface area contributed by atoms with Gasteiger partial charge in [0.15, 0.2) is 0 Å². The molecule has 0 bridgehead atoms. The Hall–Kier alpha value is -0.760. The lowest BCUT2D eigenvalue weighted by Crippen LogP contribution is -2.47. The van der Waals surface area contributed by atoms with Crippen LogP contribution in [0.4, 0.5) is 5.13 Å². The van der Waals surface area contributed by atoms with E-state index in [-0.39, 0.29) is 0 Å². The molecule has 0 atom stereocenters. The number of likely N-dealkylation sites (N-methyl/N-ethyl adjacent to an activating group) is 1. The van der Waals surface area contributed by atoms with Crippen molar-refractivity contribution in [2.75, 3.05) is 59.1 Å². The maximum absolute atomic E-state index is 5.59. The Morgan fingerprint density at radius 2 is 1.83 bits per heavy atom. The van der Waals surface area contributed by atoms with Crippen molar-refractivity contribution < 1.29 is 0 Å². The van der Waals surface area contributed by atoms with Crippen LogP contribution in [0.2, 0.25) is 0 Å². The molecule has 7 heteroatoms. The molecule has 0 spiro atoms. The Balaban J connectivity index is 1.70. The first-order valence-corrected chi connectivity index (χ1v) is 7.12. The SMILES string of the molecule is CN(C)CCN1CCN(Cc2nnc(N)s2)CC1. The third-order valence-corrected chi connectivity index (χ3v) is 3.91. The van der Waals surface area contributed by atoms with Gasteiger partial charge in [-0.1, -0.05) is 11.3 Å². The lowest BCUT2D eigenvalue weighted by atomic mass is 10.3. The molecule has 1 aliphatic heterocycles. The van der Waals surface area contributed by atoms with E-state index >= 15 is 0 Å². The van der Waals surface area contributed by atoms with Gasteiger partial charge in [-0.2, -0.15) is 0 Å². The number of nitrogens with zero attached hydrogens (tertiary/aromatic N) is 5. The van der Waals surface area contributed by atoms with Gasteiger partial charge in [-0.3, -0.25) is 9.80 Å². The maximum Gasteiger partial charge on any atom is 0.203 e. The average molecular weight is 270 g/mol. The van der Waals surface area contributed by atoms with Gasteiger partial charge < -0.3 is 10.6 Å². The fourth-order valence-electron chi connectivity index (χ4n) is 2.03. The van der Waals surface area contributed by atoms with E-state index < -0.39 is 0 Å². The van der Waals surface area contributed by atoms with Crippen molar-refractivity contribution in [1.29, 1.82) is 0 Å². The highest BCUT2D eigenvalue weighted by Crippen LogP contribution is 2.14. The molecule has 0 unspecified atom stereocenters. The molecule has 0 saturated carbocycles. The second-order valence-electron chi connectivity index (χ2n) is 4.96. The first kappa shape index (κ1) is 13.7. The predicted molar refractivity (Wildman–Crippen MR) is 74.6 cm³/mol. The second kappa shape index (κ2) is 6.42. The van der Waals surface area contributed by atoms with Crippen LogP contribution in [0.1, 0.15) is 5.01 Å². The van der Waals surface area contributed by atoms with Gasteiger partial charge in [-0.25, -0.2) is 0 Å². The van der Waals surface area contributed by atoms with Crippen molar-refractivity contribution >= 4 is 16.5 Å². The summed E-state index contributed by atoms with van der Waals surface area (Å²) < 4.78 is 0. The summed E-state index contributed by atoms with van der Waals surface area (Å²) in [5, 5.41) is 9.51. The molecule has 102 valence electrons. The average Bonchev–Trinajstić information content (AvgIpc) is 2.74. The Kier molecular flexibility index (Phi) is 4.87. The summed E-state index contributed by atoms with van der Waals surface area (Å²) in [6.45, 7) is 7.67. The van der Waals surface area contributed by atoms with Crippen LogP contribution in [-0.4, -0.2) is 78.3 Å². The van der Waals surface area contributed by atoms with Gasteiger partial charge in [0.1, 0.15) is 5.01 Å². The fourth-order valence-corrected chi connectivity index (χ4v) is 2.69. The molecule has 2 N–H and O–H groups in total. The first-order chi connectivity index (χ1) is 8.63. The van der Waals surface area contributed by atoms with Gasteiger partial charge in [0, 0.05) is 39.3 Å². The van der Waals surface area contributed by atoms with E-state index in [9.17, 15) is 0 Å². The predicted octanol–water partition coefficient (Wildman–Crippen LogP) is -0.200. The molecular formula is C11H22N6S. The van der Waals surface area contributed by atoms with Crippen LogP contribution in [0.5, 0.6) is 0 Å². The van der Waals surface area contributed by atoms with Crippen molar-refractivity contribution in [3.05, 3.63) is 5.01 Å². The number of hydrogen-bond acceptors (Lipinski definition) is 7. The smallest absolute Gasteiger partial charge is 0.203 e. The fraction of sp³-hybridized carbons (Fsp3) is 0.818. The van der Waals surface area contributed by atoms with E-state index in [1.807, 2.05) is 0 Å². The number of nitrogen functional groups attached to an aromatic ring is 1. The standard InChI is InChI=1S/C11H22N6S/c1-15(2)3-4-16-5-7-17(8-6-16)9-10-13-14-11(12)18-10/h3-9H2,1-2H3,(H2,12,14). The molecule has 0 aromatic carbocycles. The van der Waals surface area contributed by atoms with E-state index in [1.165, 1.54) is 11.3 Å². The highest BCUT2D eigenvalue weighted by molar-refractivity contribution is 7.15. The van der Waals surface area contributed by atoms with Crippen molar-refractivity contribution in [3.8, 4) is 0 Å². The van der Waals surface area contributed by atoms with Crippen molar-refractivity contribution in [1.82, 2.24) is 24.9 Å². The van der Waals surface area contributed by atoms with Gasteiger partial charge in [0.05, 0.1) is 6.54 Å². The molecule has 1 fully saturated rings. The Morgan fingerprint density at radius 1 is 1.17 bits per heavy atom. The lowest BCUT2D eigenvalue weighted by molar-refractivity contribution is 0.120. The number of rotatable bonds is 5. The van der Waals surface area contributed by atoms with Gasteiger partial charge >= 0.3 is 0 Å². The minimum Gasteiger partial charge on any atom is -0.374 e. The van der Waals surface area contributed by atoms with E-state index in [1.54, 1.807) is 0 Å². The number of piperazine rings is 1. The molecule has 18 heavy (non-hydrogen) atoms. The minimum atomic E-state index is 0.564. The van der Waals surface area contributed by atoms with Crippen LogP contribution < -0.4 is 5.73 Å². The van der Waals surface area contributed by atoms with Crippen LogP contribution in [0, 0.1) is 0 Å². The van der Waals surface area contributed by atoms with E-state index in [2.05, 4.69) is 39.0 Å². The number of aromatic nitrogens is 2. The Labute approximate surface area is 112 Å². The molecule has 1 aliphatic rings. The maximum atomic E-state index is 5.59. The first-order valence-electron chi connectivity index (χ1n) is 6.31. The Morgan fingerprint density at radius 3 is 2.39 bits per heavy atom. The summed E-state index contributed by atoms with van der Waals surface area (Å²) in [6, 6.07) is 0. The normalized spacial score (nSPS) is 18.6. The number of anilines is 1.